The summed E-state index contributed by atoms with van der Waals surface area (Å²) in [5.41, 5.74) is 8.08. The highest BCUT2D eigenvalue weighted by Crippen LogP contribution is 2.37. The molecule has 0 saturated carbocycles. The Morgan fingerprint density at radius 2 is 1.94 bits per heavy atom. The Kier molecular flexibility index (Phi) is 5.17. The second-order valence-electron chi connectivity index (χ2n) is 8.52. The summed E-state index contributed by atoms with van der Waals surface area (Å²) in [5.74, 6) is 0.980. The molecule has 3 aromatic carbocycles. The van der Waals surface area contributed by atoms with Gasteiger partial charge < -0.3 is 9.84 Å². The number of benzene rings is 3. The van der Waals surface area contributed by atoms with Crippen LogP contribution in [-0.2, 0) is 17.6 Å². The minimum Gasteiger partial charge on any atom is -0.493 e. The molecule has 0 unspecified atom stereocenters. The highest BCUT2D eigenvalue weighted by molar-refractivity contribution is 5.78. The van der Waals surface area contributed by atoms with Crippen LogP contribution in [0.3, 0.4) is 0 Å². The number of ether oxygens (including phenoxy) is 1. The molecule has 0 saturated heterocycles. The molecule has 1 N–H and O–H groups in total. The van der Waals surface area contributed by atoms with Gasteiger partial charge in [0.25, 0.3) is 0 Å². The maximum atomic E-state index is 11.1. The number of rotatable bonds is 6. The van der Waals surface area contributed by atoms with E-state index in [0.717, 1.165) is 41.0 Å². The summed E-state index contributed by atoms with van der Waals surface area (Å²) in [6.07, 6.45) is 1.93. The molecular formula is C27H26N2O3. The quantitative estimate of drug-likeness (QED) is 0.450. The minimum absolute atomic E-state index is 0.0521. The largest absolute Gasteiger partial charge is 0.493 e. The van der Waals surface area contributed by atoms with Crippen molar-refractivity contribution >= 4 is 17.0 Å². The highest BCUT2D eigenvalue weighted by Gasteiger charge is 2.26. The van der Waals surface area contributed by atoms with Crippen LogP contribution in [0, 0.1) is 13.8 Å². The van der Waals surface area contributed by atoms with Crippen molar-refractivity contribution in [3.05, 3.63) is 88.7 Å². The van der Waals surface area contributed by atoms with Crippen LogP contribution in [0.2, 0.25) is 0 Å². The van der Waals surface area contributed by atoms with Crippen LogP contribution in [0.25, 0.3) is 16.7 Å². The zero-order valence-electron chi connectivity index (χ0n) is 18.3. The third-order valence-electron chi connectivity index (χ3n) is 6.45. The van der Waals surface area contributed by atoms with Gasteiger partial charge >= 0.3 is 5.97 Å². The second kappa shape index (κ2) is 8.15. The molecule has 0 bridgehead atoms. The van der Waals surface area contributed by atoms with Crippen LogP contribution in [-0.4, -0.2) is 27.2 Å². The first-order chi connectivity index (χ1) is 15.5. The van der Waals surface area contributed by atoms with Crippen molar-refractivity contribution in [1.29, 1.82) is 0 Å². The van der Waals surface area contributed by atoms with Crippen LogP contribution in [0.15, 0.2) is 60.7 Å². The fourth-order valence-corrected chi connectivity index (χ4v) is 4.77. The zero-order chi connectivity index (χ0) is 22.2. The molecule has 162 valence electrons. The average Bonchev–Trinajstić information content (AvgIpc) is 3.32. The Balaban J connectivity index is 1.39. The molecular weight excluding hydrogens is 400 g/mol. The van der Waals surface area contributed by atoms with Crippen molar-refractivity contribution in [3.63, 3.8) is 0 Å². The number of carboxylic acid groups (broad SMARTS) is 1. The Bertz CT molecular complexity index is 1320. The van der Waals surface area contributed by atoms with Crippen molar-refractivity contribution in [2.24, 2.45) is 0 Å². The SMILES string of the molecule is Cc1c(CCc2ccc3c(c2)OC[C@H]3CC(=O)O)cccc1-n1c(C)nc2ccccc21. The molecule has 5 rings (SSSR count). The Morgan fingerprint density at radius 3 is 2.78 bits per heavy atom. The number of nitrogens with zero attached hydrogens (tertiary/aromatic N) is 2. The number of aliphatic carboxylic acids is 1. The van der Waals surface area contributed by atoms with Crippen molar-refractivity contribution in [3.8, 4) is 11.4 Å². The van der Waals surface area contributed by atoms with Gasteiger partial charge in [-0.3, -0.25) is 9.36 Å². The Hall–Kier alpha value is -3.60. The van der Waals surface area contributed by atoms with Gasteiger partial charge in [0.1, 0.15) is 11.6 Å². The fraction of sp³-hybridized carbons (Fsp3) is 0.259. The molecule has 5 nitrogen and oxygen atoms in total. The predicted molar refractivity (Wildman–Crippen MR) is 125 cm³/mol. The number of imidazole rings is 1. The van der Waals surface area contributed by atoms with E-state index in [4.69, 9.17) is 14.8 Å². The molecule has 0 radical (unpaired) electrons. The Morgan fingerprint density at radius 1 is 1.09 bits per heavy atom. The topological polar surface area (TPSA) is 64.3 Å². The standard InChI is InChI=1S/C27H26N2O3/c1-17-20(6-5-9-24(17)29-18(2)28-23-7-3-4-8-25(23)29)12-10-19-11-13-22-21(15-27(30)31)16-32-26(22)14-19/h3-9,11,13-14,21H,10,12,15-16H2,1-2H3,(H,30,31)/t21-/m1/s1. The second-order valence-corrected chi connectivity index (χ2v) is 8.52. The number of carboxylic acids is 1. The molecule has 0 aliphatic carbocycles. The summed E-state index contributed by atoms with van der Waals surface area (Å²) < 4.78 is 8.01. The normalized spacial score (nSPS) is 15.0. The molecule has 1 atom stereocenters. The lowest BCUT2D eigenvalue weighted by Gasteiger charge is -2.15. The lowest BCUT2D eigenvalue weighted by atomic mass is 9.94. The average molecular weight is 427 g/mol. The maximum Gasteiger partial charge on any atom is 0.304 e. The lowest BCUT2D eigenvalue weighted by molar-refractivity contribution is -0.137. The van der Waals surface area contributed by atoms with E-state index in [0.29, 0.717) is 6.61 Å². The van der Waals surface area contributed by atoms with Crippen molar-refractivity contribution in [1.82, 2.24) is 9.55 Å². The monoisotopic (exact) mass is 426 g/mol. The summed E-state index contributed by atoms with van der Waals surface area (Å²) in [6, 6.07) is 20.9. The van der Waals surface area contributed by atoms with E-state index in [1.165, 1.54) is 22.4 Å². The van der Waals surface area contributed by atoms with E-state index in [-0.39, 0.29) is 12.3 Å². The van der Waals surface area contributed by atoms with Crippen molar-refractivity contribution in [2.75, 3.05) is 6.61 Å². The first-order valence-electron chi connectivity index (χ1n) is 11.0. The molecule has 32 heavy (non-hydrogen) atoms. The number of hydrogen-bond acceptors (Lipinski definition) is 3. The van der Waals surface area contributed by atoms with Gasteiger partial charge in [0.15, 0.2) is 0 Å². The van der Waals surface area contributed by atoms with E-state index < -0.39 is 5.97 Å². The molecule has 0 amide bonds. The molecule has 4 aromatic rings. The van der Waals surface area contributed by atoms with Gasteiger partial charge in [-0.2, -0.15) is 0 Å². The van der Waals surface area contributed by atoms with E-state index in [1.807, 2.05) is 19.1 Å². The van der Waals surface area contributed by atoms with Crippen molar-refractivity contribution < 1.29 is 14.6 Å². The van der Waals surface area contributed by atoms with E-state index in [9.17, 15) is 4.79 Å². The van der Waals surface area contributed by atoms with Crippen LogP contribution in [0.4, 0.5) is 0 Å². The smallest absolute Gasteiger partial charge is 0.304 e. The third kappa shape index (κ3) is 3.64. The third-order valence-corrected chi connectivity index (χ3v) is 6.45. The van der Waals surface area contributed by atoms with Crippen LogP contribution < -0.4 is 4.74 Å². The number of aromatic nitrogens is 2. The first kappa shape index (κ1) is 20.3. The molecule has 2 heterocycles. The van der Waals surface area contributed by atoms with Gasteiger partial charge in [0.05, 0.1) is 29.7 Å². The maximum absolute atomic E-state index is 11.1. The molecule has 1 aromatic heterocycles. The Labute approximate surface area is 187 Å². The summed E-state index contributed by atoms with van der Waals surface area (Å²) in [6.45, 7) is 4.68. The minimum atomic E-state index is -0.785. The lowest BCUT2D eigenvalue weighted by Crippen LogP contribution is -2.07. The van der Waals surface area contributed by atoms with Crippen LogP contribution in [0.1, 0.15) is 40.4 Å². The van der Waals surface area contributed by atoms with Gasteiger partial charge in [0, 0.05) is 11.5 Å². The van der Waals surface area contributed by atoms with E-state index in [2.05, 4.69) is 60.0 Å². The summed E-state index contributed by atoms with van der Waals surface area (Å²) in [5, 5.41) is 9.10. The molecule has 0 spiro atoms. The number of para-hydroxylation sites is 2. The van der Waals surface area contributed by atoms with Crippen molar-refractivity contribution in [2.45, 2.75) is 39.0 Å². The number of aryl methyl sites for hydroxylation is 3. The summed E-state index contributed by atoms with van der Waals surface area (Å²) in [7, 11) is 0. The number of fused-ring (bicyclic) bond motifs is 2. The molecule has 1 aliphatic heterocycles. The number of carbonyl (C=O) groups is 1. The molecule has 1 aliphatic rings. The molecule has 0 fully saturated rings. The van der Waals surface area contributed by atoms with E-state index in [1.54, 1.807) is 0 Å². The fourth-order valence-electron chi connectivity index (χ4n) is 4.77. The zero-order valence-corrected chi connectivity index (χ0v) is 18.3. The highest BCUT2D eigenvalue weighted by atomic mass is 16.5. The van der Waals surface area contributed by atoms with E-state index >= 15 is 0 Å². The van der Waals surface area contributed by atoms with Gasteiger partial charge in [0.2, 0.25) is 0 Å². The predicted octanol–water partition coefficient (Wildman–Crippen LogP) is 5.38. The summed E-state index contributed by atoms with van der Waals surface area (Å²) >= 11 is 0. The molecule has 5 heteroatoms. The van der Waals surface area contributed by atoms with Gasteiger partial charge in [-0.05, 0) is 67.6 Å². The van der Waals surface area contributed by atoms with Crippen LogP contribution >= 0.6 is 0 Å². The first-order valence-corrected chi connectivity index (χ1v) is 11.0. The van der Waals surface area contributed by atoms with Crippen LogP contribution in [0.5, 0.6) is 5.75 Å². The van der Waals surface area contributed by atoms with Gasteiger partial charge in [-0.1, -0.05) is 36.4 Å². The number of hydrogen-bond donors (Lipinski definition) is 1. The van der Waals surface area contributed by atoms with Gasteiger partial charge in [-0.15, -0.1) is 0 Å². The van der Waals surface area contributed by atoms with Gasteiger partial charge in [-0.25, -0.2) is 4.98 Å². The summed E-state index contributed by atoms with van der Waals surface area (Å²) in [4.78, 5) is 15.8.